The number of ketones is 1. The van der Waals surface area contributed by atoms with Gasteiger partial charge in [0.1, 0.15) is 40.7 Å². The van der Waals surface area contributed by atoms with Crippen LogP contribution in [0.1, 0.15) is 173 Å². The lowest BCUT2D eigenvalue weighted by atomic mass is 9.66. The minimum Gasteiger partial charge on any atom is -0.507 e. The zero-order valence-electron chi connectivity index (χ0n) is 42.6. The van der Waals surface area contributed by atoms with Crippen molar-refractivity contribution >= 4 is 23.4 Å². The predicted molar refractivity (Wildman–Crippen MR) is 275 cm³/mol. The number of benzene rings is 3. The third-order valence-corrected chi connectivity index (χ3v) is 16.9. The number of Topliss-reactive ketones (excluding diaryl/α,β-unsaturated/α-hetero) is 1. The summed E-state index contributed by atoms with van der Waals surface area (Å²) in [7, 11) is 0. The maximum Gasteiger partial charge on any atom is 0.334 e. The molecule has 8 bridgehead atoms. The molecule has 0 aromatic heterocycles. The fourth-order valence-corrected chi connectivity index (χ4v) is 12.7. The lowest BCUT2D eigenvalue weighted by Gasteiger charge is -2.45. The Morgan fingerprint density at radius 2 is 1.63 bits per heavy atom. The van der Waals surface area contributed by atoms with Crippen molar-refractivity contribution in [2.45, 2.75) is 196 Å². The third kappa shape index (κ3) is 12.1. The van der Waals surface area contributed by atoms with Crippen molar-refractivity contribution in [3.05, 3.63) is 99.1 Å². The highest BCUT2D eigenvalue weighted by Gasteiger charge is 2.49. The summed E-state index contributed by atoms with van der Waals surface area (Å²) in [6, 6.07) is 14.9. The van der Waals surface area contributed by atoms with Gasteiger partial charge in [-0.1, -0.05) is 87.6 Å². The van der Waals surface area contributed by atoms with Crippen LogP contribution < -0.4 is 10.1 Å². The van der Waals surface area contributed by atoms with Crippen LogP contribution in [0.3, 0.4) is 0 Å². The summed E-state index contributed by atoms with van der Waals surface area (Å²) in [4.78, 5) is 42.8. The van der Waals surface area contributed by atoms with Crippen molar-refractivity contribution in [1.82, 2.24) is 0 Å². The first-order valence-corrected chi connectivity index (χ1v) is 27.1. The fraction of sp³-hybridized carbons (Fsp3) is 0.583. The number of hydrogen-bond acceptors (Lipinski definition) is 13. The van der Waals surface area contributed by atoms with Crippen molar-refractivity contribution < 1.29 is 59.2 Å². The first kappa shape index (κ1) is 52.8. The van der Waals surface area contributed by atoms with E-state index in [4.69, 9.17) is 14.2 Å². The standard InChI is InChI=1S/C60H75NO12/c1-3-20-60(70)46-18-19-51(64)43(27-46)22-36-10-9-11-37(21-36)25-48(63)29-45-26-40(42-23-38(33-62)24-47(28-42)61-35-59(2,69)52(65)34-71-49-14-7-8-15-49)16-17-41-32-54(66)73-57-50(41)30-44(31-53(60)72-58(45)68)56(67)55(57)39-12-5-4-6-13-39/h9-11,21,23-24,28-30,39-41,43,46,48-49,52-53,61-63,65,67,69-70H,3-8,12-15,18-20,22,25-27,31-35H2,1-2H3/b45-29-/t40-,41+,43+,46+,48-,52+,53+,59+,60-/m0/s1. The van der Waals surface area contributed by atoms with Gasteiger partial charge in [0.2, 0.25) is 0 Å². The van der Waals surface area contributed by atoms with E-state index < -0.39 is 65.1 Å². The van der Waals surface area contributed by atoms with Gasteiger partial charge < -0.3 is 50.2 Å². The molecule has 0 spiro atoms. The lowest BCUT2D eigenvalue weighted by molar-refractivity contribution is -0.176. The van der Waals surface area contributed by atoms with Gasteiger partial charge in [-0.25, -0.2) is 4.79 Å². The Morgan fingerprint density at radius 3 is 2.38 bits per heavy atom. The SMILES string of the molecule is CCC[C@]1(O)[C@@H]2CCC(=O)[C@H](Cc3cccc(c3)C[C@H](O)/C=C3/C[C@@H](c4cc(CO)cc(NC[C@@](C)(O)[C@H](O)COC5CCCC5)c4)C#C[C@@H]4CC(=O)Oc5c4cc(c(O)c5C4CCCCC4)C[C@H]1OC3=O)C2. The van der Waals surface area contributed by atoms with E-state index in [1.165, 1.54) is 13.0 Å². The summed E-state index contributed by atoms with van der Waals surface area (Å²) in [5.41, 5.74) is 1.78. The average molecular weight is 1000 g/mol. The Hall–Kier alpha value is -5.07. The van der Waals surface area contributed by atoms with Gasteiger partial charge in [-0.05, 0) is 129 Å². The number of rotatable bonds is 12. The molecule has 0 amide bonds. The molecular formula is C60H75NO12. The van der Waals surface area contributed by atoms with Gasteiger partial charge in [0.05, 0.1) is 37.8 Å². The van der Waals surface area contributed by atoms with Gasteiger partial charge in [0.25, 0.3) is 0 Å². The second-order valence-electron chi connectivity index (χ2n) is 22.4. The molecule has 3 aromatic rings. The largest absolute Gasteiger partial charge is 0.507 e. The molecule has 3 fully saturated rings. The predicted octanol–water partition coefficient (Wildman–Crippen LogP) is 8.06. The first-order chi connectivity index (χ1) is 35.1. The van der Waals surface area contributed by atoms with Crippen molar-refractivity contribution in [1.29, 1.82) is 0 Å². The summed E-state index contributed by atoms with van der Waals surface area (Å²) in [5, 5.41) is 74.5. The van der Waals surface area contributed by atoms with Crippen molar-refractivity contribution in [3.63, 3.8) is 0 Å². The Kier molecular flexibility index (Phi) is 16.5. The van der Waals surface area contributed by atoms with Crippen LogP contribution in [0.25, 0.3) is 0 Å². The van der Waals surface area contributed by atoms with Gasteiger partial charge in [0.15, 0.2) is 0 Å². The molecule has 392 valence electrons. The Balaban J connectivity index is 1.19. The van der Waals surface area contributed by atoms with E-state index in [2.05, 4.69) is 17.2 Å². The number of hydrogen-bond donors (Lipinski definition) is 7. The number of aliphatic hydroxyl groups excluding tert-OH is 3. The fourth-order valence-electron chi connectivity index (χ4n) is 12.7. The molecule has 73 heavy (non-hydrogen) atoms. The van der Waals surface area contributed by atoms with Gasteiger partial charge >= 0.3 is 11.9 Å². The Labute approximate surface area is 429 Å². The van der Waals surface area contributed by atoms with Crippen LogP contribution in [0, 0.1) is 23.7 Å². The summed E-state index contributed by atoms with van der Waals surface area (Å²) in [6.45, 7) is 3.04. The van der Waals surface area contributed by atoms with Crippen LogP contribution in [-0.2, 0) is 49.7 Å². The second-order valence-corrected chi connectivity index (χ2v) is 22.4. The van der Waals surface area contributed by atoms with Gasteiger partial charge in [-0.2, -0.15) is 0 Å². The topological polar surface area (TPSA) is 212 Å². The maximum atomic E-state index is 15.4. The molecule has 0 radical (unpaired) electrons. The number of phenolic OH excluding ortho intramolecular Hbond substituents is 1. The number of phenols is 1. The number of anilines is 1. The van der Waals surface area contributed by atoms with Crippen LogP contribution in [0.5, 0.6) is 11.5 Å². The first-order valence-electron chi connectivity index (χ1n) is 27.1. The second kappa shape index (κ2) is 22.8. The molecule has 3 saturated carbocycles. The summed E-state index contributed by atoms with van der Waals surface area (Å²) < 4.78 is 18.8. The average Bonchev–Trinajstić information content (AvgIpc) is 3.90. The molecule has 3 aliphatic heterocycles. The number of aliphatic hydroxyl groups is 5. The number of esters is 2. The number of nitrogens with one attached hydrogen (secondary N) is 1. The number of carbonyl (C=O) groups excluding carboxylic acids is 3. The van der Waals surface area contributed by atoms with E-state index in [0.717, 1.165) is 68.9 Å². The van der Waals surface area contributed by atoms with E-state index in [-0.39, 0.29) is 87.4 Å². The van der Waals surface area contributed by atoms with Gasteiger partial charge in [0, 0.05) is 60.0 Å². The number of aromatic hydroxyl groups is 1. The zero-order chi connectivity index (χ0) is 51.4. The van der Waals surface area contributed by atoms with Crippen LogP contribution in [0.2, 0.25) is 0 Å². The van der Waals surface area contributed by atoms with E-state index in [1.54, 1.807) is 18.2 Å². The minimum absolute atomic E-state index is 0.0277. The maximum absolute atomic E-state index is 15.4. The van der Waals surface area contributed by atoms with Crippen molar-refractivity contribution in [3.8, 4) is 23.3 Å². The van der Waals surface area contributed by atoms with Crippen LogP contribution in [0.4, 0.5) is 5.69 Å². The van der Waals surface area contributed by atoms with Crippen LogP contribution in [0.15, 0.2) is 60.2 Å². The molecule has 7 N–H and O–H groups in total. The smallest absolute Gasteiger partial charge is 0.334 e. The molecule has 0 unspecified atom stereocenters. The van der Waals surface area contributed by atoms with Crippen LogP contribution >= 0.6 is 0 Å². The highest BCUT2D eigenvalue weighted by molar-refractivity contribution is 5.89. The minimum atomic E-state index is -1.65. The molecular weight excluding hydrogens is 927 g/mol. The highest BCUT2D eigenvalue weighted by atomic mass is 16.6. The molecule has 0 saturated heterocycles. The summed E-state index contributed by atoms with van der Waals surface area (Å²) in [6.07, 6.45) is 8.52. The Morgan fingerprint density at radius 1 is 0.890 bits per heavy atom. The van der Waals surface area contributed by atoms with E-state index in [1.807, 2.05) is 37.3 Å². The monoisotopic (exact) mass is 1000 g/mol. The van der Waals surface area contributed by atoms with E-state index in [9.17, 15) is 40.2 Å². The number of fused-ring (bicyclic) bond motifs is 8. The molecule has 9 atom stereocenters. The van der Waals surface area contributed by atoms with Crippen molar-refractivity contribution in [2.24, 2.45) is 11.8 Å². The molecule has 9 rings (SSSR count). The number of ether oxygens (including phenoxy) is 3. The van der Waals surface area contributed by atoms with E-state index >= 15 is 4.79 Å². The molecule has 13 nitrogen and oxygen atoms in total. The molecule has 13 heteroatoms. The molecule has 6 aliphatic rings. The summed E-state index contributed by atoms with van der Waals surface area (Å²) in [5.74, 6) is 3.51. The lowest BCUT2D eigenvalue weighted by Crippen LogP contribution is -2.54. The summed E-state index contributed by atoms with van der Waals surface area (Å²) >= 11 is 0. The Bertz CT molecular complexity index is 2600. The third-order valence-electron chi connectivity index (χ3n) is 16.9. The van der Waals surface area contributed by atoms with Gasteiger partial charge in [-0.3, -0.25) is 9.59 Å². The van der Waals surface area contributed by atoms with Crippen LogP contribution in [-0.4, -0.2) is 97.1 Å². The van der Waals surface area contributed by atoms with E-state index in [0.29, 0.717) is 64.9 Å². The zero-order valence-corrected chi connectivity index (χ0v) is 42.6. The quantitative estimate of drug-likeness (QED) is 0.0521. The highest BCUT2D eigenvalue weighted by Crippen LogP contribution is 2.51. The normalized spacial score (nSPS) is 29.0. The number of carbonyl (C=O) groups is 3. The van der Waals surface area contributed by atoms with Gasteiger partial charge in [-0.15, -0.1) is 0 Å². The molecule has 3 heterocycles. The molecule has 3 aliphatic carbocycles. The molecule has 3 aromatic carbocycles. The van der Waals surface area contributed by atoms with Crippen molar-refractivity contribution in [2.75, 3.05) is 18.5 Å².